The first-order chi connectivity index (χ1) is 11.5. The fraction of sp³-hybridized carbons (Fsp3) is 0.526. The van der Waals surface area contributed by atoms with Crippen LogP contribution in [0.5, 0.6) is 0 Å². The standard InChI is InChI=1S/C19H25NO3S/c1-2-10-20(18-9-11-24(22,23)14-18)19(21)13-15-7-8-16-5-3-4-6-17(16)12-15/h2,7-8,12,18H,1,3-6,9-11,13-14H2. The minimum Gasteiger partial charge on any atom is -0.335 e. The molecule has 1 aromatic rings. The van der Waals surface area contributed by atoms with E-state index in [0.717, 1.165) is 18.4 Å². The quantitative estimate of drug-likeness (QED) is 0.768. The van der Waals surface area contributed by atoms with E-state index < -0.39 is 9.84 Å². The van der Waals surface area contributed by atoms with E-state index in [1.54, 1.807) is 11.0 Å². The van der Waals surface area contributed by atoms with E-state index in [0.29, 0.717) is 19.4 Å². The molecule has 0 aromatic heterocycles. The van der Waals surface area contributed by atoms with Gasteiger partial charge in [0.2, 0.25) is 5.91 Å². The van der Waals surface area contributed by atoms with Crippen LogP contribution in [-0.4, -0.2) is 43.3 Å². The first kappa shape index (κ1) is 17.2. The predicted molar refractivity (Wildman–Crippen MR) is 95.8 cm³/mol. The van der Waals surface area contributed by atoms with Gasteiger partial charge in [0.05, 0.1) is 17.9 Å². The number of aryl methyl sites for hydroxylation is 2. The van der Waals surface area contributed by atoms with Gasteiger partial charge >= 0.3 is 0 Å². The van der Waals surface area contributed by atoms with Gasteiger partial charge in [0.15, 0.2) is 9.84 Å². The number of amides is 1. The Bertz CT molecular complexity index is 739. The van der Waals surface area contributed by atoms with Crippen molar-refractivity contribution in [3.05, 3.63) is 47.5 Å². The van der Waals surface area contributed by atoms with Crippen molar-refractivity contribution >= 4 is 15.7 Å². The lowest BCUT2D eigenvalue weighted by molar-refractivity contribution is -0.131. The van der Waals surface area contributed by atoms with E-state index in [4.69, 9.17) is 0 Å². The number of carbonyl (C=O) groups excluding carboxylic acids is 1. The maximum absolute atomic E-state index is 12.8. The van der Waals surface area contributed by atoms with Gasteiger partial charge in [-0.2, -0.15) is 0 Å². The lowest BCUT2D eigenvalue weighted by Crippen LogP contribution is -2.42. The lowest BCUT2D eigenvalue weighted by atomic mass is 9.90. The maximum atomic E-state index is 12.8. The molecule has 1 aliphatic heterocycles. The Morgan fingerprint density at radius 3 is 2.67 bits per heavy atom. The molecule has 24 heavy (non-hydrogen) atoms. The smallest absolute Gasteiger partial charge is 0.227 e. The molecule has 3 rings (SSSR count). The zero-order valence-corrected chi connectivity index (χ0v) is 14.9. The number of sulfone groups is 1. The van der Waals surface area contributed by atoms with Crippen LogP contribution in [0.3, 0.4) is 0 Å². The molecule has 1 amide bonds. The van der Waals surface area contributed by atoms with Crippen molar-refractivity contribution in [2.75, 3.05) is 18.1 Å². The van der Waals surface area contributed by atoms with E-state index in [1.165, 1.54) is 24.0 Å². The number of rotatable bonds is 5. The normalized spacial score (nSPS) is 21.9. The topological polar surface area (TPSA) is 54.5 Å². The molecule has 1 aliphatic carbocycles. The molecule has 1 unspecified atom stereocenters. The van der Waals surface area contributed by atoms with E-state index in [9.17, 15) is 13.2 Å². The third-order valence-electron chi connectivity index (χ3n) is 5.06. The molecule has 0 N–H and O–H groups in total. The number of fused-ring (bicyclic) bond motifs is 1. The van der Waals surface area contributed by atoms with Gasteiger partial charge in [0.1, 0.15) is 0 Å². The molecular weight excluding hydrogens is 322 g/mol. The highest BCUT2D eigenvalue weighted by molar-refractivity contribution is 7.91. The van der Waals surface area contributed by atoms with E-state index in [2.05, 4.69) is 18.7 Å². The molecular formula is C19H25NO3S. The lowest BCUT2D eigenvalue weighted by Gasteiger charge is -2.27. The summed E-state index contributed by atoms with van der Waals surface area (Å²) < 4.78 is 23.5. The van der Waals surface area contributed by atoms with Crippen LogP contribution in [0.4, 0.5) is 0 Å². The van der Waals surface area contributed by atoms with Crippen molar-refractivity contribution in [1.29, 1.82) is 0 Å². The summed E-state index contributed by atoms with van der Waals surface area (Å²) in [6, 6.07) is 6.14. The average molecular weight is 347 g/mol. The molecule has 1 saturated heterocycles. The van der Waals surface area contributed by atoms with Crippen molar-refractivity contribution in [2.45, 2.75) is 44.6 Å². The van der Waals surface area contributed by atoms with Crippen molar-refractivity contribution in [2.24, 2.45) is 0 Å². The molecule has 1 fully saturated rings. The van der Waals surface area contributed by atoms with Crippen molar-refractivity contribution in [3.63, 3.8) is 0 Å². The van der Waals surface area contributed by atoms with Crippen LogP contribution in [-0.2, 0) is 33.9 Å². The predicted octanol–water partition coefficient (Wildman–Crippen LogP) is 2.31. The van der Waals surface area contributed by atoms with Crippen LogP contribution in [0.2, 0.25) is 0 Å². The summed E-state index contributed by atoms with van der Waals surface area (Å²) in [5, 5.41) is 0. The third-order valence-corrected chi connectivity index (χ3v) is 6.81. The monoisotopic (exact) mass is 347 g/mol. The highest BCUT2D eigenvalue weighted by Crippen LogP contribution is 2.23. The van der Waals surface area contributed by atoms with E-state index in [1.807, 2.05) is 6.07 Å². The number of benzene rings is 1. The Kier molecular flexibility index (Phi) is 5.09. The second kappa shape index (κ2) is 7.09. The maximum Gasteiger partial charge on any atom is 0.227 e. The summed E-state index contributed by atoms with van der Waals surface area (Å²) in [4.78, 5) is 14.4. The largest absolute Gasteiger partial charge is 0.335 e. The molecule has 0 spiro atoms. The van der Waals surface area contributed by atoms with Crippen LogP contribution in [0.25, 0.3) is 0 Å². The van der Waals surface area contributed by atoms with Crippen molar-refractivity contribution in [3.8, 4) is 0 Å². The fourth-order valence-electron chi connectivity index (χ4n) is 3.79. The Morgan fingerprint density at radius 1 is 1.25 bits per heavy atom. The molecule has 5 heteroatoms. The zero-order chi connectivity index (χ0) is 17.2. The second-order valence-electron chi connectivity index (χ2n) is 6.88. The van der Waals surface area contributed by atoms with Crippen LogP contribution < -0.4 is 0 Å². The first-order valence-corrected chi connectivity index (χ1v) is 10.5. The summed E-state index contributed by atoms with van der Waals surface area (Å²) in [6.07, 6.45) is 7.22. The SMILES string of the molecule is C=CCN(C(=O)Cc1ccc2c(c1)CCCC2)C1CCS(=O)(=O)C1. The van der Waals surface area contributed by atoms with Gasteiger partial charge in [-0.25, -0.2) is 8.42 Å². The van der Waals surface area contributed by atoms with Crippen molar-refractivity contribution in [1.82, 2.24) is 4.90 Å². The number of nitrogens with zero attached hydrogens (tertiary/aromatic N) is 1. The van der Waals surface area contributed by atoms with Crippen LogP contribution in [0.15, 0.2) is 30.9 Å². The average Bonchev–Trinajstić information content (AvgIpc) is 2.92. The molecule has 130 valence electrons. The third kappa shape index (κ3) is 3.89. The van der Waals surface area contributed by atoms with Gasteiger partial charge in [-0.15, -0.1) is 6.58 Å². The molecule has 1 atom stereocenters. The molecule has 0 bridgehead atoms. The number of carbonyl (C=O) groups is 1. The molecule has 1 aromatic carbocycles. The van der Waals surface area contributed by atoms with E-state index >= 15 is 0 Å². The summed E-state index contributed by atoms with van der Waals surface area (Å²) >= 11 is 0. The van der Waals surface area contributed by atoms with Gasteiger partial charge in [-0.1, -0.05) is 24.3 Å². The first-order valence-electron chi connectivity index (χ1n) is 8.70. The Labute approximate surface area is 144 Å². The molecule has 0 saturated carbocycles. The summed E-state index contributed by atoms with van der Waals surface area (Å²) in [5.74, 6) is 0.251. The minimum absolute atomic E-state index is 0.00670. The molecule has 4 nitrogen and oxygen atoms in total. The highest BCUT2D eigenvalue weighted by Gasteiger charge is 2.34. The van der Waals surface area contributed by atoms with Gasteiger partial charge in [0, 0.05) is 12.6 Å². The Balaban J connectivity index is 1.73. The van der Waals surface area contributed by atoms with Crippen molar-refractivity contribution < 1.29 is 13.2 Å². The highest BCUT2D eigenvalue weighted by atomic mass is 32.2. The van der Waals surface area contributed by atoms with Crippen LogP contribution in [0.1, 0.15) is 36.0 Å². The van der Waals surface area contributed by atoms with Gasteiger partial charge in [-0.3, -0.25) is 4.79 Å². The fourth-order valence-corrected chi connectivity index (χ4v) is 5.52. The van der Waals surface area contributed by atoms with Crippen LogP contribution >= 0.6 is 0 Å². The molecule has 0 radical (unpaired) electrons. The van der Waals surface area contributed by atoms with Gasteiger partial charge in [-0.05, 0) is 48.8 Å². The van der Waals surface area contributed by atoms with Crippen LogP contribution in [0, 0.1) is 0 Å². The second-order valence-corrected chi connectivity index (χ2v) is 9.11. The Morgan fingerprint density at radius 2 is 2.00 bits per heavy atom. The van der Waals surface area contributed by atoms with Gasteiger partial charge < -0.3 is 4.90 Å². The summed E-state index contributed by atoms with van der Waals surface area (Å²) in [7, 11) is -3.01. The van der Waals surface area contributed by atoms with Gasteiger partial charge in [0.25, 0.3) is 0 Å². The molecule has 2 aliphatic rings. The number of hydrogen-bond donors (Lipinski definition) is 0. The molecule has 1 heterocycles. The summed E-state index contributed by atoms with van der Waals surface area (Å²) in [6.45, 7) is 4.12. The Hall–Kier alpha value is -1.62. The minimum atomic E-state index is -3.01. The summed E-state index contributed by atoms with van der Waals surface area (Å²) in [5.41, 5.74) is 3.79. The van der Waals surface area contributed by atoms with E-state index in [-0.39, 0.29) is 23.5 Å². The zero-order valence-electron chi connectivity index (χ0n) is 14.0. The number of hydrogen-bond acceptors (Lipinski definition) is 3.